The summed E-state index contributed by atoms with van der Waals surface area (Å²) in [6, 6.07) is 7.35. The third-order valence-corrected chi connectivity index (χ3v) is 4.91. The minimum Gasteiger partial charge on any atom is -0.249 e. The molecule has 0 fully saturated rings. The molecule has 0 saturated heterocycles. The van der Waals surface area contributed by atoms with E-state index in [9.17, 15) is 4.21 Å². The van der Waals surface area contributed by atoms with E-state index in [2.05, 4.69) is 15.1 Å². The van der Waals surface area contributed by atoms with Crippen molar-refractivity contribution in [1.29, 1.82) is 4.78 Å². The number of hydrogen-bond acceptors (Lipinski definition) is 5. The van der Waals surface area contributed by atoms with Crippen LogP contribution in [-0.2, 0) is 16.1 Å². The summed E-state index contributed by atoms with van der Waals surface area (Å²) in [6.07, 6.45) is 3.64. The summed E-state index contributed by atoms with van der Waals surface area (Å²) in [5.74, 6) is 0.606. The number of aromatic nitrogens is 4. The van der Waals surface area contributed by atoms with Gasteiger partial charge in [-0.3, -0.25) is 0 Å². The molecule has 1 N–H and O–H groups in total. The zero-order valence-corrected chi connectivity index (χ0v) is 13.5. The zero-order chi connectivity index (χ0) is 15.9. The zero-order valence-electron chi connectivity index (χ0n) is 12.7. The fourth-order valence-electron chi connectivity index (χ4n) is 2.48. The Labute approximate surface area is 129 Å². The highest BCUT2D eigenvalue weighted by molar-refractivity contribution is 7.91. The molecule has 0 amide bonds. The van der Waals surface area contributed by atoms with Crippen LogP contribution in [-0.4, -0.2) is 30.0 Å². The summed E-state index contributed by atoms with van der Waals surface area (Å²) in [5.41, 5.74) is 4.14. The van der Waals surface area contributed by atoms with Gasteiger partial charge in [-0.15, -0.1) is 0 Å². The highest BCUT2D eigenvalue weighted by Gasteiger charge is 2.12. The first-order chi connectivity index (χ1) is 10.4. The van der Waals surface area contributed by atoms with E-state index in [0.29, 0.717) is 17.1 Å². The number of rotatable bonds is 3. The van der Waals surface area contributed by atoms with Crippen molar-refractivity contribution < 1.29 is 4.21 Å². The van der Waals surface area contributed by atoms with Crippen molar-refractivity contribution in [1.82, 2.24) is 19.6 Å². The summed E-state index contributed by atoms with van der Waals surface area (Å²) in [5, 5.41) is 4.19. The molecule has 3 rings (SSSR count). The molecule has 2 aromatic heterocycles. The summed E-state index contributed by atoms with van der Waals surface area (Å²) >= 11 is 0. The van der Waals surface area contributed by atoms with Crippen LogP contribution in [0.25, 0.3) is 5.78 Å². The number of benzene rings is 1. The van der Waals surface area contributed by atoms with Crippen molar-refractivity contribution in [3.63, 3.8) is 0 Å². The first kappa shape index (κ1) is 14.6. The third kappa shape index (κ3) is 2.59. The van der Waals surface area contributed by atoms with Crippen molar-refractivity contribution in [2.45, 2.75) is 25.2 Å². The molecule has 0 aliphatic carbocycles. The van der Waals surface area contributed by atoms with Gasteiger partial charge in [-0.05, 0) is 37.1 Å². The number of hydrogen-bond donors (Lipinski definition) is 1. The number of nitrogens with one attached hydrogen (secondary N) is 1. The van der Waals surface area contributed by atoms with Crippen LogP contribution in [0, 0.1) is 18.6 Å². The van der Waals surface area contributed by atoms with E-state index in [4.69, 9.17) is 4.78 Å². The molecule has 0 aliphatic rings. The summed E-state index contributed by atoms with van der Waals surface area (Å²) < 4.78 is 21.1. The van der Waals surface area contributed by atoms with E-state index >= 15 is 0 Å². The molecule has 7 heteroatoms. The Hall–Kier alpha value is -2.28. The molecule has 1 aromatic carbocycles. The second-order valence-electron chi connectivity index (χ2n) is 5.40. The largest absolute Gasteiger partial charge is 0.252 e. The Morgan fingerprint density at radius 2 is 1.91 bits per heavy atom. The molecule has 1 atom stereocenters. The lowest BCUT2D eigenvalue weighted by atomic mass is 10.0. The topological polar surface area (TPSA) is 84.0 Å². The normalized spacial score (nSPS) is 14.1. The van der Waals surface area contributed by atoms with Gasteiger partial charge in [-0.25, -0.2) is 18.5 Å². The maximum Gasteiger partial charge on any atom is 0.252 e. The Morgan fingerprint density at radius 3 is 2.55 bits per heavy atom. The summed E-state index contributed by atoms with van der Waals surface area (Å²) in [4.78, 5) is 9.13. The van der Waals surface area contributed by atoms with Crippen LogP contribution >= 0.6 is 0 Å². The number of nitrogens with zero attached hydrogens (tertiary/aromatic N) is 4. The lowest BCUT2D eigenvalue weighted by molar-refractivity contribution is 0.679. The fraction of sp³-hybridized carbons (Fsp3) is 0.267. The minimum absolute atomic E-state index is 0.551. The molecule has 0 spiro atoms. The van der Waals surface area contributed by atoms with Gasteiger partial charge < -0.3 is 0 Å². The van der Waals surface area contributed by atoms with Crippen LogP contribution in [0.3, 0.4) is 0 Å². The van der Waals surface area contributed by atoms with Gasteiger partial charge in [-0.2, -0.15) is 10.1 Å². The smallest absolute Gasteiger partial charge is 0.249 e. The monoisotopic (exact) mass is 315 g/mol. The van der Waals surface area contributed by atoms with Gasteiger partial charge in [0.2, 0.25) is 0 Å². The Balaban J connectivity index is 1.99. The third-order valence-electron chi connectivity index (χ3n) is 3.74. The van der Waals surface area contributed by atoms with Crippen LogP contribution in [0.4, 0.5) is 0 Å². The van der Waals surface area contributed by atoms with Crippen molar-refractivity contribution in [2.75, 3.05) is 6.26 Å². The van der Waals surface area contributed by atoms with E-state index in [1.807, 2.05) is 26.0 Å². The highest BCUT2D eigenvalue weighted by Crippen LogP contribution is 2.19. The van der Waals surface area contributed by atoms with Crippen molar-refractivity contribution in [2.24, 2.45) is 0 Å². The predicted molar refractivity (Wildman–Crippen MR) is 84.6 cm³/mol. The molecule has 3 aromatic rings. The average molecular weight is 315 g/mol. The predicted octanol–water partition coefficient (Wildman–Crippen LogP) is 2.37. The van der Waals surface area contributed by atoms with Gasteiger partial charge in [0.1, 0.15) is 6.33 Å². The maximum atomic E-state index is 11.7. The molecule has 0 radical (unpaired) electrons. The molecule has 0 aliphatic heterocycles. The maximum absolute atomic E-state index is 11.7. The standard InChI is InChI=1S/C15H17N5OS/c1-10-14(11(2)20-15(19-10)17-9-18-20)8-12-4-6-13(7-5-12)22(3,16)21/h4-7,9,16H,8H2,1-3H3. The van der Waals surface area contributed by atoms with Crippen molar-refractivity contribution >= 4 is 15.5 Å². The quantitative estimate of drug-likeness (QED) is 0.804. The van der Waals surface area contributed by atoms with Crippen LogP contribution < -0.4 is 0 Å². The SMILES string of the molecule is Cc1nc2ncnn2c(C)c1Cc1ccc(S(C)(=N)=O)cc1. The number of fused-ring (bicyclic) bond motifs is 1. The van der Waals surface area contributed by atoms with E-state index in [0.717, 1.165) is 22.5 Å². The van der Waals surface area contributed by atoms with Gasteiger partial charge >= 0.3 is 0 Å². The van der Waals surface area contributed by atoms with Crippen LogP contribution in [0.2, 0.25) is 0 Å². The van der Waals surface area contributed by atoms with Crippen molar-refractivity contribution in [3.8, 4) is 0 Å². The highest BCUT2D eigenvalue weighted by atomic mass is 32.2. The molecular weight excluding hydrogens is 298 g/mol. The molecule has 114 valence electrons. The van der Waals surface area contributed by atoms with E-state index in [-0.39, 0.29) is 0 Å². The molecule has 0 bridgehead atoms. The molecule has 0 saturated carbocycles. The molecular formula is C15H17N5OS. The van der Waals surface area contributed by atoms with E-state index in [1.54, 1.807) is 16.6 Å². The van der Waals surface area contributed by atoms with Crippen molar-refractivity contribution in [3.05, 3.63) is 53.1 Å². The molecule has 2 heterocycles. The average Bonchev–Trinajstić information content (AvgIpc) is 2.91. The summed E-state index contributed by atoms with van der Waals surface area (Å²) in [7, 11) is -2.66. The Morgan fingerprint density at radius 1 is 1.23 bits per heavy atom. The Bertz CT molecular complexity index is 942. The van der Waals surface area contributed by atoms with E-state index < -0.39 is 9.73 Å². The lowest BCUT2D eigenvalue weighted by Crippen LogP contribution is -2.06. The number of aryl methyl sites for hydroxylation is 2. The molecule has 1 unspecified atom stereocenters. The fourth-order valence-corrected chi connectivity index (χ4v) is 3.14. The van der Waals surface area contributed by atoms with Gasteiger partial charge in [0.25, 0.3) is 5.78 Å². The van der Waals surface area contributed by atoms with Gasteiger partial charge in [-0.1, -0.05) is 12.1 Å². The molecule has 6 nitrogen and oxygen atoms in total. The van der Waals surface area contributed by atoms with Gasteiger partial charge in [0.05, 0.1) is 9.73 Å². The van der Waals surface area contributed by atoms with E-state index in [1.165, 1.54) is 12.6 Å². The first-order valence-electron chi connectivity index (χ1n) is 6.85. The first-order valence-corrected chi connectivity index (χ1v) is 8.81. The van der Waals surface area contributed by atoms with Crippen LogP contribution in [0.15, 0.2) is 35.5 Å². The van der Waals surface area contributed by atoms with Crippen LogP contribution in [0.1, 0.15) is 22.5 Å². The summed E-state index contributed by atoms with van der Waals surface area (Å²) in [6.45, 7) is 3.97. The van der Waals surface area contributed by atoms with Gasteiger partial charge in [0, 0.05) is 29.0 Å². The van der Waals surface area contributed by atoms with Gasteiger partial charge in [0.15, 0.2) is 0 Å². The van der Waals surface area contributed by atoms with Crippen LogP contribution in [0.5, 0.6) is 0 Å². The second-order valence-corrected chi connectivity index (χ2v) is 7.56. The lowest BCUT2D eigenvalue weighted by Gasteiger charge is -2.11. The molecule has 22 heavy (non-hydrogen) atoms. The second kappa shape index (κ2) is 5.17. The Kier molecular flexibility index (Phi) is 3.44. The minimum atomic E-state index is -2.66.